The van der Waals surface area contributed by atoms with Gasteiger partial charge in [-0.2, -0.15) is 0 Å². The minimum atomic E-state index is -0.340. The molecule has 134 valence electrons. The van der Waals surface area contributed by atoms with Crippen LogP contribution < -0.4 is 5.32 Å². The van der Waals surface area contributed by atoms with Gasteiger partial charge in [-0.3, -0.25) is 9.69 Å². The maximum Gasteiger partial charge on any atom is 0.224 e. The molecule has 0 radical (unpaired) electrons. The van der Waals surface area contributed by atoms with Gasteiger partial charge in [-0.25, -0.2) is 0 Å². The van der Waals surface area contributed by atoms with Crippen LogP contribution in [0.4, 0.5) is 0 Å². The molecule has 4 nitrogen and oxygen atoms in total. The molecule has 0 saturated carbocycles. The van der Waals surface area contributed by atoms with E-state index in [1.807, 2.05) is 6.07 Å². The van der Waals surface area contributed by atoms with E-state index in [0.717, 1.165) is 32.5 Å². The van der Waals surface area contributed by atoms with E-state index in [1.165, 1.54) is 5.56 Å². The van der Waals surface area contributed by atoms with Gasteiger partial charge in [0.25, 0.3) is 0 Å². The van der Waals surface area contributed by atoms with Crippen LogP contribution in [0.3, 0.4) is 0 Å². The van der Waals surface area contributed by atoms with Gasteiger partial charge < -0.3 is 10.4 Å². The summed E-state index contributed by atoms with van der Waals surface area (Å²) in [6, 6.07) is 10.4. The van der Waals surface area contributed by atoms with E-state index in [2.05, 4.69) is 48.3 Å². The topological polar surface area (TPSA) is 52.6 Å². The predicted octanol–water partition coefficient (Wildman–Crippen LogP) is 2.81. The fourth-order valence-electron chi connectivity index (χ4n) is 3.60. The molecule has 1 aromatic carbocycles. The molecule has 4 heteroatoms. The van der Waals surface area contributed by atoms with Crippen LogP contribution in [0.2, 0.25) is 0 Å². The summed E-state index contributed by atoms with van der Waals surface area (Å²) < 4.78 is 0. The van der Waals surface area contributed by atoms with Crippen molar-refractivity contribution in [1.82, 2.24) is 10.2 Å². The quantitative estimate of drug-likeness (QED) is 0.807. The van der Waals surface area contributed by atoms with Crippen LogP contribution in [0.15, 0.2) is 30.3 Å². The van der Waals surface area contributed by atoms with Crippen LogP contribution in [0.25, 0.3) is 0 Å². The predicted molar refractivity (Wildman–Crippen MR) is 97.5 cm³/mol. The Labute approximate surface area is 146 Å². The number of carbonyl (C=O) groups is 1. The zero-order chi connectivity index (χ0) is 17.6. The average molecular weight is 332 g/mol. The van der Waals surface area contributed by atoms with Crippen molar-refractivity contribution in [2.75, 3.05) is 19.6 Å². The summed E-state index contributed by atoms with van der Waals surface area (Å²) in [5, 5.41) is 12.7. The van der Waals surface area contributed by atoms with Gasteiger partial charge in [0.15, 0.2) is 0 Å². The van der Waals surface area contributed by atoms with Crippen molar-refractivity contribution >= 4 is 5.91 Å². The van der Waals surface area contributed by atoms with E-state index < -0.39 is 0 Å². The number of hydrogen-bond acceptors (Lipinski definition) is 3. The normalized spacial score (nSPS) is 20.6. The molecule has 0 aromatic heterocycles. The van der Waals surface area contributed by atoms with Crippen LogP contribution >= 0.6 is 0 Å². The third kappa shape index (κ3) is 6.25. The molecule has 1 saturated heterocycles. The Morgan fingerprint density at radius 3 is 2.75 bits per heavy atom. The molecule has 1 heterocycles. The lowest BCUT2D eigenvalue weighted by Gasteiger charge is -2.33. The first-order chi connectivity index (χ1) is 11.4. The van der Waals surface area contributed by atoms with Crippen molar-refractivity contribution in [1.29, 1.82) is 0 Å². The number of likely N-dealkylation sites (tertiary alicyclic amines) is 1. The summed E-state index contributed by atoms with van der Waals surface area (Å²) in [6.45, 7) is 9.39. The Hall–Kier alpha value is -1.39. The average Bonchev–Trinajstić information content (AvgIpc) is 2.53. The van der Waals surface area contributed by atoms with E-state index in [1.54, 1.807) is 6.92 Å². The molecule has 1 aromatic rings. The molecule has 1 amide bonds. The van der Waals surface area contributed by atoms with Crippen molar-refractivity contribution in [3.63, 3.8) is 0 Å². The minimum absolute atomic E-state index is 0.0739. The number of amides is 1. The number of rotatable bonds is 7. The van der Waals surface area contributed by atoms with Crippen molar-refractivity contribution in [2.24, 2.45) is 11.3 Å². The smallest absolute Gasteiger partial charge is 0.224 e. The standard InChI is InChI=1S/C20H32N2O2/c1-16(23)12-20(2,3)15-21-19(24)18-10-7-11-22(14-18)13-17-8-5-4-6-9-17/h4-6,8-9,16,18,23H,7,10-15H2,1-3H3,(H,21,24). The highest BCUT2D eigenvalue weighted by atomic mass is 16.3. The first kappa shape index (κ1) is 18.9. The first-order valence-corrected chi connectivity index (χ1v) is 9.08. The molecule has 2 atom stereocenters. The summed E-state index contributed by atoms with van der Waals surface area (Å²) in [5.74, 6) is 0.233. The van der Waals surface area contributed by atoms with Gasteiger partial charge in [0.1, 0.15) is 0 Å². The Morgan fingerprint density at radius 2 is 2.08 bits per heavy atom. The molecule has 2 rings (SSSR count). The SMILES string of the molecule is CC(O)CC(C)(C)CNC(=O)C1CCCN(Cc2ccccc2)C1. The highest BCUT2D eigenvalue weighted by Crippen LogP contribution is 2.23. The molecular weight excluding hydrogens is 300 g/mol. The number of benzene rings is 1. The summed E-state index contributed by atoms with van der Waals surface area (Å²) in [5.41, 5.74) is 1.22. The lowest BCUT2D eigenvalue weighted by molar-refractivity contribution is -0.127. The Morgan fingerprint density at radius 1 is 1.38 bits per heavy atom. The van der Waals surface area contributed by atoms with Gasteiger partial charge in [-0.05, 0) is 43.7 Å². The van der Waals surface area contributed by atoms with Gasteiger partial charge in [-0.1, -0.05) is 44.2 Å². The molecule has 0 aliphatic carbocycles. The molecule has 1 aliphatic rings. The molecule has 2 unspecified atom stereocenters. The van der Waals surface area contributed by atoms with Crippen LogP contribution in [0.1, 0.15) is 45.6 Å². The fourth-order valence-corrected chi connectivity index (χ4v) is 3.60. The number of aliphatic hydroxyl groups excluding tert-OH is 1. The van der Waals surface area contributed by atoms with E-state index in [9.17, 15) is 9.90 Å². The number of piperidine rings is 1. The number of nitrogens with one attached hydrogen (secondary N) is 1. The fraction of sp³-hybridized carbons (Fsp3) is 0.650. The van der Waals surface area contributed by atoms with Crippen LogP contribution in [0, 0.1) is 11.3 Å². The monoisotopic (exact) mass is 332 g/mol. The second kappa shape index (κ2) is 8.63. The van der Waals surface area contributed by atoms with Gasteiger partial charge in [0.05, 0.1) is 12.0 Å². The zero-order valence-electron chi connectivity index (χ0n) is 15.3. The number of hydrogen-bond donors (Lipinski definition) is 2. The second-order valence-electron chi connectivity index (χ2n) is 8.00. The minimum Gasteiger partial charge on any atom is -0.393 e. The van der Waals surface area contributed by atoms with Crippen LogP contribution in [0.5, 0.6) is 0 Å². The lowest BCUT2D eigenvalue weighted by atomic mass is 9.86. The largest absolute Gasteiger partial charge is 0.393 e. The maximum atomic E-state index is 12.5. The zero-order valence-corrected chi connectivity index (χ0v) is 15.3. The van der Waals surface area contributed by atoms with Gasteiger partial charge in [0, 0.05) is 19.6 Å². The van der Waals surface area contributed by atoms with Gasteiger partial charge in [0.2, 0.25) is 5.91 Å². The van der Waals surface area contributed by atoms with Crippen molar-refractivity contribution in [2.45, 2.75) is 52.7 Å². The van der Waals surface area contributed by atoms with E-state index in [-0.39, 0.29) is 23.3 Å². The molecule has 0 bridgehead atoms. The van der Waals surface area contributed by atoms with Crippen LogP contribution in [-0.4, -0.2) is 41.7 Å². The molecule has 2 N–H and O–H groups in total. The lowest BCUT2D eigenvalue weighted by Crippen LogP contribution is -2.45. The van der Waals surface area contributed by atoms with Crippen molar-refractivity contribution in [3.8, 4) is 0 Å². The third-order valence-electron chi connectivity index (χ3n) is 4.71. The number of carbonyl (C=O) groups excluding carboxylic acids is 1. The van der Waals surface area contributed by atoms with E-state index >= 15 is 0 Å². The molecular formula is C20H32N2O2. The van der Waals surface area contributed by atoms with Crippen molar-refractivity contribution in [3.05, 3.63) is 35.9 Å². The Balaban J connectivity index is 1.82. The third-order valence-corrected chi connectivity index (χ3v) is 4.71. The highest BCUT2D eigenvalue weighted by molar-refractivity contribution is 5.79. The highest BCUT2D eigenvalue weighted by Gasteiger charge is 2.27. The molecule has 1 aliphatic heterocycles. The Bertz CT molecular complexity index is 514. The number of aliphatic hydroxyl groups is 1. The summed E-state index contributed by atoms with van der Waals surface area (Å²) in [4.78, 5) is 14.9. The van der Waals surface area contributed by atoms with Gasteiger partial charge >= 0.3 is 0 Å². The summed E-state index contributed by atoms with van der Waals surface area (Å²) in [6.07, 6.45) is 2.39. The maximum absolute atomic E-state index is 12.5. The molecule has 0 spiro atoms. The van der Waals surface area contributed by atoms with E-state index in [0.29, 0.717) is 13.0 Å². The van der Waals surface area contributed by atoms with Crippen LogP contribution in [-0.2, 0) is 11.3 Å². The molecule has 24 heavy (non-hydrogen) atoms. The Kier molecular flexibility index (Phi) is 6.81. The van der Waals surface area contributed by atoms with Gasteiger partial charge in [-0.15, -0.1) is 0 Å². The summed E-state index contributed by atoms with van der Waals surface area (Å²) in [7, 11) is 0. The number of nitrogens with zero attached hydrogens (tertiary/aromatic N) is 1. The molecule has 1 fully saturated rings. The first-order valence-electron chi connectivity index (χ1n) is 9.08. The van der Waals surface area contributed by atoms with E-state index in [4.69, 9.17) is 0 Å². The van der Waals surface area contributed by atoms with Crippen molar-refractivity contribution < 1.29 is 9.90 Å². The summed E-state index contributed by atoms with van der Waals surface area (Å²) >= 11 is 0. The second-order valence-corrected chi connectivity index (χ2v) is 8.00.